The lowest BCUT2D eigenvalue weighted by molar-refractivity contribution is -0.139. The Kier molecular flexibility index (Phi) is 4.67. The molecule has 0 amide bonds. The Morgan fingerprint density at radius 1 is 1.50 bits per heavy atom. The highest BCUT2D eigenvalue weighted by Gasteiger charge is 2.06. The number of carbonyl (C=O) groups is 1. The number of nitrogens with zero attached hydrogens (tertiary/aromatic N) is 2. The third-order valence-electron chi connectivity index (χ3n) is 2.37. The van der Waals surface area contributed by atoms with Crippen molar-refractivity contribution in [3.8, 4) is 5.75 Å². The number of hydrogen-bond donors (Lipinski definition) is 2. The Balaban J connectivity index is 1.90. The second kappa shape index (κ2) is 6.67. The number of methoxy groups -OCH3 is 1. The van der Waals surface area contributed by atoms with Gasteiger partial charge in [0.1, 0.15) is 5.75 Å². The van der Waals surface area contributed by atoms with Gasteiger partial charge in [-0.2, -0.15) is 5.10 Å². The third-order valence-corrected chi connectivity index (χ3v) is 3.17. The summed E-state index contributed by atoms with van der Waals surface area (Å²) in [5.74, 6) is -0.114. The van der Waals surface area contributed by atoms with Crippen molar-refractivity contribution < 1.29 is 14.6 Å². The molecular formula is C13H13N3O3S. The molecule has 0 saturated carbocycles. The summed E-state index contributed by atoms with van der Waals surface area (Å²) in [5, 5.41) is 15.5. The van der Waals surface area contributed by atoms with Crippen molar-refractivity contribution >= 4 is 28.7 Å². The van der Waals surface area contributed by atoms with Crippen LogP contribution in [0.25, 0.3) is 0 Å². The Morgan fingerprint density at radius 3 is 2.95 bits per heavy atom. The second-order valence-corrected chi connectivity index (χ2v) is 4.72. The largest absolute Gasteiger partial charge is 0.508 e. The van der Waals surface area contributed by atoms with Gasteiger partial charge in [-0.25, -0.2) is 4.98 Å². The van der Waals surface area contributed by atoms with Crippen LogP contribution in [0.1, 0.15) is 11.3 Å². The highest BCUT2D eigenvalue weighted by Crippen LogP contribution is 2.16. The van der Waals surface area contributed by atoms with Gasteiger partial charge in [-0.1, -0.05) is 0 Å². The van der Waals surface area contributed by atoms with Crippen molar-refractivity contribution in [3.05, 3.63) is 40.9 Å². The maximum atomic E-state index is 11.1. The highest BCUT2D eigenvalue weighted by molar-refractivity contribution is 7.13. The van der Waals surface area contributed by atoms with E-state index in [0.29, 0.717) is 10.8 Å². The number of nitrogens with one attached hydrogen (secondary N) is 1. The molecule has 1 aromatic heterocycles. The van der Waals surface area contributed by atoms with Crippen LogP contribution in [0.5, 0.6) is 5.75 Å². The van der Waals surface area contributed by atoms with Crippen molar-refractivity contribution in [2.24, 2.45) is 5.10 Å². The van der Waals surface area contributed by atoms with E-state index in [1.165, 1.54) is 18.4 Å². The summed E-state index contributed by atoms with van der Waals surface area (Å²) in [4.78, 5) is 15.3. The molecule has 0 fully saturated rings. The maximum Gasteiger partial charge on any atom is 0.311 e. The maximum absolute atomic E-state index is 11.1. The third kappa shape index (κ3) is 4.06. The molecule has 20 heavy (non-hydrogen) atoms. The Bertz CT molecular complexity index is 608. The van der Waals surface area contributed by atoms with E-state index in [1.807, 2.05) is 0 Å². The number of hydrazone groups is 1. The second-order valence-electron chi connectivity index (χ2n) is 3.86. The van der Waals surface area contributed by atoms with Gasteiger partial charge in [0.15, 0.2) is 0 Å². The number of rotatable bonds is 5. The lowest BCUT2D eigenvalue weighted by Gasteiger charge is -1.96. The number of hydrogen-bond acceptors (Lipinski definition) is 7. The highest BCUT2D eigenvalue weighted by atomic mass is 32.1. The van der Waals surface area contributed by atoms with Crippen molar-refractivity contribution in [1.29, 1.82) is 0 Å². The van der Waals surface area contributed by atoms with Gasteiger partial charge in [0.2, 0.25) is 5.13 Å². The van der Waals surface area contributed by atoms with Crippen LogP contribution in [-0.4, -0.2) is 29.4 Å². The van der Waals surface area contributed by atoms with Gasteiger partial charge in [0, 0.05) is 5.38 Å². The van der Waals surface area contributed by atoms with Gasteiger partial charge >= 0.3 is 5.97 Å². The first-order valence-corrected chi connectivity index (χ1v) is 6.64. The monoisotopic (exact) mass is 291 g/mol. The summed E-state index contributed by atoms with van der Waals surface area (Å²) >= 11 is 1.36. The van der Waals surface area contributed by atoms with E-state index in [9.17, 15) is 4.79 Å². The molecule has 0 spiro atoms. The van der Waals surface area contributed by atoms with E-state index in [1.54, 1.807) is 35.9 Å². The minimum atomic E-state index is -0.325. The molecule has 2 rings (SSSR count). The summed E-state index contributed by atoms with van der Waals surface area (Å²) < 4.78 is 4.57. The van der Waals surface area contributed by atoms with Gasteiger partial charge in [-0.05, 0) is 29.8 Å². The zero-order valence-corrected chi connectivity index (χ0v) is 11.6. The first kappa shape index (κ1) is 14.0. The minimum absolute atomic E-state index is 0.149. The molecule has 2 aromatic rings. The van der Waals surface area contributed by atoms with Crippen LogP contribution in [-0.2, 0) is 16.0 Å². The number of phenols is 1. The minimum Gasteiger partial charge on any atom is -0.508 e. The fourth-order valence-corrected chi connectivity index (χ4v) is 2.04. The normalized spacial score (nSPS) is 10.7. The van der Waals surface area contributed by atoms with Crippen LogP contribution < -0.4 is 5.43 Å². The smallest absolute Gasteiger partial charge is 0.311 e. The standard InChI is InChI=1S/C13H13N3O3S/c1-19-12(18)6-10-8-20-13(15-10)16-14-7-9-2-4-11(17)5-3-9/h2-5,7-8,17H,6H2,1H3,(H,15,16)/b14-7-. The van der Waals surface area contributed by atoms with Crippen molar-refractivity contribution in [2.75, 3.05) is 12.5 Å². The lowest BCUT2D eigenvalue weighted by atomic mass is 10.2. The van der Waals surface area contributed by atoms with Crippen LogP contribution in [0.4, 0.5) is 5.13 Å². The van der Waals surface area contributed by atoms with Crippen LogP contribution in [0.15, 0.2) is 34.7 Å². The first-order valence-electron chi connectivity index (χ1n) is 5.76. The number of benzene rings is 1. The molecule has 0 aliphatic rings. The number of phenolic OH excluding ortho intramolecular Hbond substituents is 1. The molecule has 7 heteroatoms. The van der Waals surface area contributed by atoms with Gasteiger partial charge in [-0.15, -0.1) is 11.3 Å². The van der Waals surface area contributed by atoms with E-state index >= 15 is 0 Å². The predicted octanol–water partition coefficient (Wildman–Crippen LogP) is 2.01. The number of thiazole rings is 1. The lowest BCUT2D eigenvalue weighted by Crippen LogP contribution is -2.04. The number of esters is 1. The summed E-state index contributed by atoms with van der Waals surface area (Å²) in [6.07, 6.45) is 1.76. The van der Waals surface area contributed by atoms with E-state index in [-0.39, 0.29) is 18.1 Å². The predicted molar refractivity (Wildman–Crippen MR) is 77.2 cm³/mol. The van der Waals surface area contributed by atoms with Crippen molar-refractivity contribution in [1.82, 2.24) is 4.98 Å². The van der Waals surface area contributed by atoms with E-state index in [4.69, 9.17) is 5.11 Å². The molecule has 2 N–H and O–H groups in total. The molecule has 104 valence electrons. The van der Waals surface area contributed by atoms with Gasteiger partial charge < -0.3 is 9.84 Å². The number of aromatic nitrogens is 1. The number of anilines is 1. The zero-order valence-electron chi connectivity index (χ0n) is 10.7. The molecule has 0 unspecified atom stereocenters. The molecule has 0 aliphatic heterocycles. The molecular weight excluding hydrogens is 278 g/mol. The van der Waals surface area contributed by atoms with Crippen LogP contribution in [0.2, 0.25) is 0 Å². The zero-order chi connectivity index (χ0) is 14.4. The molecule has 6 nitrogen and oxygen atoms in total. The number of ether oxygens (including phenoxy) is 1. The summed E-state index contributed by atoms with van der Waals surface area (Å²) in [7, 11) is 1.34. The van der Waals surface area contributed by atoms with E-state index in [2.05, 4.69) is 20.2 Å². The Labute approximate surface area is 119 Å². The van der Waals surface area contributed by atoms with Crippen molar-refractivity contribution in [3.63, 3.8) is 0 Å². The molecule has 1 aromatic carbocycles. The molecule has 0 radical (unpaired) electrons. The van der Waals surface area contributed by atoms with Gasteiger partial charge in [0.05, 0.1) is 25.4 Å². The summed E-state index contributed by atoms with van der Waals surface area (Å²) in [6, 6.07) is 6.65. The van der Waals surface area contributed by atoms with Gasteiger partial charge in [0.25, 0.3) is 0 Å². The fourth-order valence-electron chi connectivity index (χ4n) is 1.38. The molecule has 1 heterocycles. The number of carbonyl (C=O) groups excluding carboxylic acids is 1. The van der Waals surface area contributed by atoms with Gasteiger partial charge in [-0.3, -0.25) is 10.2 Å². The average Bonchev–Trinajstić information content (AvgIpc) is 2.88. The van der Waals surface area contributed by atoms with Crippen LogP contribution in [0, 0.1) is 0 Å². The molecule has 0 saturated heterocycles. The SMILES string of the molecule is COC(=O)Cc1csc(N/N=C\c2ccc(O)cc2)n1. The number of aromatic hydroxyl groups is 1. The van der Waals surface area contributed by atoms with E-state index in [0.717, 1.165) is 5.56 Å². The van der Waals surface area contributed by atoms with E-state index < -0.39 is 0 Å². The van der Waals surface area contributed by atoms with Crippen molar-refractivity contribution in [2.45, 2.75) is 6.42 Å². The molecule has 0 atom stereocenters. The average molecular weight is 291 g/mol. The fraction of sp³-hybridized carbons (Fsp3) is 0.154. The topological polar surface area (TPSA) is 83.8 Å². The quantitative estimate of drug-likeness (QED) is 0.500. The summed E-state index contributed by atoms with van der Waals surface area (Å²) in [6.45, 7) is 0. The van der Waals surface area contributed by atoms with Crippen LogP contribution >= 0.6 is 11.3 Å². The molecule has 0 aliphatic carbocycles. The Morgan fingerprint density at radius 2 is 2.25 bits per heavy atom. The Hall–Kier alpha value is -2.41. The summed E-state index contributed by atoms with van der Waals surface area (Å²) in [5.41, 5.74) is 4.27. The van der Waals surface area contributed by atoms with Crippen LogP contribution in [0.3, 0.4) is 0 Å². The first-order chi connectivity index (χ1) is 9.67. The molecule has 0 bridgehead atoms.